The highest BCUT2D eigenvalue weighted by Gasteiger charge is 2.19. The van der Waals surface area contributed by atoms with Gasteiger partial charge in [-0.05, 0) is 50.5 Å². The Labute approximate surface area is 179 Å². The zero-order valence-corrected chi connectivity index (χ0v) is 18.2. The lowest BCUT2D eigenvalue weighted by atomic mass is 9.97. The monoisotopic (exact) mass is 414 g/mol. The molecule has 3 rings (SSSR count). The molecule has 1 fully saturated rings. The lowest BCUT2D eigenvalue weighted by Gasteiger charge is -2.29. The number of carbonyl (C=O) groups is 2. The van der Waals surface area contributed by atoms with Gasteiger partial charge in [0.2, 0.25) is 0 Å². The second kappa shape index (κ2) is 15.0. The molecule has 30 heavy (non-hydrogen) atoms. The van der Waals surface area contributed by atoms with Crippen LogP contribution in [0.3, 0.4) is 0 Å². The third kappa shape index (κ3) is 10.0. The average molecular weight is 415 g/mol. The number of amidine groups is 1. The van der Waals surface area contributed by atoms with Gasteiger partial charge in [-0.1, -0.05) is 50.3 Å². The first-order chi connectivity index (χ1) is 14.6. The van der Waals surface area contributed by atoms with E-state index in [-0.39, 0.29) is 24.0 Å². The van der Waals surface area contributed by atoms with Crippen molar-refractivity contribution in [1.29, 1.82) is 0 Å². The molecule has 2 aliphatic rings. The maximum atomic E-state index is 11.8. The maximum absolute atomic E-state index is 11.8. The molecule has 1 aromatic carbocycles. The second-order valence-corrected chi connectivity index (χ2v) is 6.81. The van der Waals surface area contributed by atoms with Gasteiger partial charge in [0.05, 0.1) is 0 Å². The number of piperidine rings is 1. The molecule has 0 atom stereocenters. The van der Waals surface area contributed by atoms with Crippen molar-refractivity contribution in [3.05, 3.63) is 53.9 Å². The summed E-state index contributed by atoms with van der Waals surface area (Å²) in [6.07, 6.45) is 7.67. The van der Waals surface area contributed by atoms with Crippen LogP contribution in [0.15, 0.2) is 53.4 Å². The first-order valence-corrected chi connectivity index (χ1v) is 10.4. The van der Waals surface area contributed by atoms with Crippen molar-refractivity contribution in [3.8, 4) is 0 Å². The summed E-state index contributed by atoms with van der Waals surface area (Å²) in [5, 5.41) is 14.7. The normalized spacial score (nSPS) is 16.6. The van der Waals surface area contributed by atoms with Gasteiger partial charge < -0.3 is 20.6 Å². The topological polar surface area (TPSA) is 94.0 Å². The van der Waals surface area contributed by atoms with E-state index in [2.05, 4.69) is 27.6 Å². The van der Waals surface area contributed by atoms with Crippen LogP contribution in [0, 0.1) is 5.92 Å². The third-order valence-electron chi connectivity index (χ3n) is 4.55. The fraction of sp³-hybridized carbons (Fsp3) is 0.435. The molecule has 0 saturated carbocycles. The van der Waals surface area contributed by atoms with Crippen LogP contribution in [-0.4, -0.2) is 61.3 Å². The highest BCUT2D eigenvalue weighted by atomic mass is 16.3. The minimum absolute atomic E-state index is 0.141. The van der Waals surface area contributed by atoms with Crippen LogP contribution in [0.4, 0.5) is 0 Å². The molecular formula is C23H34N4O3. The average Bonchev–Trinajstić information content (AvgIpc) is 2.80. The number of nitrogens with one attached hydrogen (secondary N) is 2. The number of benzene rings is 1. The molecule has 1 amide bonds. The van der Waals surface area contributed by atoms with Gasteiger partial charge >= 0.3 is 0 Å². The van der Waals surface area contributed by atoms with Crippen molar-refractivity contribution >= 4 is 24.1 Å². The molecule has 1 aromatic rings. The molecule has 0 aliphatic carbocycles. The van der Waals surface area contributed by atoms with E-state index in [1.54, 1.807) is 6.08 Å². The van der Waals surface area contributed by atoms with Crippen molar-refractivity contribution < 1.29 is 14.7 Å². The van der Waals surface area contributed by atoms with Crippen LogP contribution in [0.25, 0.3) is 6.08 Å². The first kappa shape index (κ1) is 25.1. The van der Waals surface area contributed by atoms with Crippen molar-refractivity contribution in [3.63, 3.8) is 0 Å². The maximum Gasteiger partial charge on any atom is 0.286 e. The SMILES string of the molecule is CC.CN1CCC(CNC(=O)C2=NCC(O)=CN2)CC1.O=CC=Cc1ccccc1. The van der Waals surface area contributed by atoms with Gasteiger partial charge in [0.25, 0.3) is 5.91 Å². The number of aliphatic hydroxyl groups is 1. The molecule has 2 heterocycles. The zero-order chi connectivity index (χ0) is 22.2. The predicted molar refractivity (Wildman–Crippen MR) is 122 cm³/mol. The Morgan fingerprint density at radius 1 is 1.27 bits per heavy atom. The van der Waals surface area contributed by atoms with Crippen LogP contribution < -0.4 is 10.6 Å². The Hall–Kier alpha value is -2.93. The van der Waals surface area contributed by atoms with Crippen LogP contribution in [0.2, 0.25) is 0 Å². The number of likely N-dealkylation sites (tertiary alicyclic amines) is 1. The van der Waals surface area contributed by atoms with Gasteiger partial charge in [-0.15, -0.1) is 0 Å². The van der Waals surface area contributed by atoms with E-state index in [9.17, 15) is 9.59 Å². The fourth-order valence-electron chi connectivity index (χ4n) is 2.84. The van der Waals surface area contributed by atoms with Gasteiger partial charge in [0, 0.05) is 12.7 Å². The first-order valence-electron chi connectivity index (χ1n) is 10.4. The minimum atomic E-state index is -0.197. The summed E-state index contributed by atoms with van der Waals surface area (Å²) in [5.74, 6) is 0.776. The Kier molecular flexibility index (Phi) is 12.5. The summed E-state index contributed by atoms with van der Waals surface area (Å²) in [7, 11) is 2.12. The molecule has 0 unspecified atom stereocenters. The molecule has 164 valence electrons. The summed E-state index contributed by atoms with van der Waals surface area (Å²) in [5.41, 5.74) is 1.05. The van der Waals surface area contributed by atoms with Crippen molar-refractivity contribution in [1.82, 2.24) is 15.5 Å². The van der Waals surface area contributed by atoms with Gasteiger partial charge in [-0.2, -0.15) is 0 Å². The largest absolute Gasteiger partial charge is 0.509 e. The van der Waals surface area contributed by atoms with Gasteiger partial charge in [0.15, 0.2) is 5.84 Å². The smallest absolute Gasteiger partial charge is 0.286 e. The minimum Gasteiger partial charge on any atom is -0.509 e. The number of rotatable bonds is 5. The molecule has 1 saturated heterocycles. The Balaban J connectivity index is 0.000000318. The number of nitrogens with zero attached hydrogens (tertiary/aromatic N) is 2. The molecule has 0 aromatic heterocycles. The number of carbonyl (C=O) groups excluding carboxylic acids is 2. The van der Waals surface area contributed by atoms with Crippen LogP contribution >= 0.6 is 0 Å². The predicted octanol–water partition coefficient (Wildman–Crippen LogP) is 2.77. The summed E-state index contributed by atoms with van der Waals surface area (Å²) < 4.78 is 0. The molecule has 0 spiro atoms. The molecule has 0 radical (unpaired) electrons. The number of aliphatic hydroxyl groups excluding tert-OH is 1. The second-order valence-electron chi connectivity index (χ2n) is 6.81. The van der Waals surface area contributed by atoms with Gasteiger partial charge in [0.1, 0.15) is 18.6 Å². The van der Waals surface area contributed by atoms with Gasteiger partial charge in [-0.3, -0.25) is 14.6 Å². The fourth-order valence-corrected chi connectivity index (χ4v) is 2.84. The summed E-state index contributed by atoms with van der Waals surface area (Å²) in [6.45, 7) is 7.06. The van der Waals surface area contributed by atoms with E-state index in [1.165, 1.54) is 12.3 Å². The van der Waals surface area contributed by atoms with Gasteiger partial charge in [-0.25, -0.2) is 0 Å². The summed E-state index contributed by atoms with van der Waals surface area (Å²) >= 11 is 0. The molecule has 2 aliphatic heterocycles. The van der Waals surface area contributed by atoms with Crippen molar-refractivity contribution in [2.75, 3.05) is 33.2 Å². The quantitative estimate of drug-likeness (QED) is 0.509. The van der Waals surface area contributed by atoms with E-state index in [4.69, 9.17) is 5.11 Å². The Morgan fingerprint density at radius 3 is 2.50 bits per heavy atom. The van der Waals surface area contributed by atoms with Crippen molar-refractivity contribution in [2.45, 2.75) is 26.7 Å². The lowest BCUT2D eigenvalue weighted by molar-refractivity contribution is -0.115. The van der Waals surface area contributed by atoms with E-state index < -0.39 is 0 Å². The lowest BCUT2D eigenvalue weighted by Crippen LogP contribution is -2.43. The van der Waals surface area contributed by atoms with E-state index in [0.717, 1.165) is 37.8 Å². The highest BCUT2D eigenvalue weighted by Crippen LogP contribution is 2.14. The third-order valence-corrected chi connectivity index (χ3v) is 4.55. The molecule has 7 nitrogen and oxygen atoms in total. The van der Waals surface area contributed by atoms with E-state index >= 15 is 0 Å². The van der Waals surface area contributed by atoms with Crippen LogP contribution in [-0.2, 0) is 9.59 Å². The van der Waals surface area contributed by atoms with Crippen molar-refractivity contribution in [2.24, 2.45) is 10.9 Å². The number of amides is 1. The molecule has 7 heteroatoms. The number of aliphatic imine (C=N–C) groups is 1. The Morgan fingerprint density at radius 2 is 1.93 bits per heavy atom. The number of hydrogen-bond acceptors (Lipinski definition) is 6. The molecule has 3 N–H and O–H groups in total. The standard InChI is InChI=1S/C12H20N4O2.C9H8O.C2H6/c1-16-4-2-9(3-5-16)6-15-12(18)11-13-7-10(17)8-14-11;10-8-4-7-9-5-2-1-3-6-9;1-2/h7,9,17H,2-6,8H2,1H3,(H,13,14)(H,15,18);1-8H;1-2H3. The number of aldehydes is 1. The van der Waals surface area contributed by atoms with Crippen LogP contribution in [0.5, 0.6) is 0 Å². The zero-order valence-electron chi connectivity index (χ0n) is 18.2. The molecule has 0 bridgehead atoms. The number of allylic oxidation sites excluding steroid dienone is 1. The summed E-state index contributed by atoms with van der Waals surface area (Å²) in [4.78, 5) is 27.9. The Bertz CT molecular complexity index is 721. The van der Waals surface area contributed by atoms with Crippen LogP contribution in [0.1, 0.15) is 32.3 Å². The highest BCUT2D eigenvalue weighted by molar-refractivity contribution is 6.38. The number of hydrogen-bond donors (Lipinski definition) is 3. The summed E-state index contributed by atoms with van der Waals surface area (Å²) in [6, 6.07) is 9.70. The van der Waals surface area contributed by atoms with E-state index in [0.29, 0.717) is 12.5 Å². The van der Waals surface area contributed by atoms with E-state index in [1.807, 2.05) is 44.2 Å². The molecular weight excluding hydrogens is 380 g/mol.